The Morgan fingerprint density at radius 3 is 2.35 bits per heavy atom. The topological polar surface area (TPSA) is 87.6 Å². The molecule has 4 N–H and O–H groups in total. The summed E-state index contributed by atoms with van der Waals surface area (Å²) in [6.07, 6.45) is -1.30. The van der Waals surface area contributed by atoms with Crippen molar-refractivity contribution >= 4 is 27.4 Å². The van der Waals surface area contributed by atoms with Crippen LogP contribution in [0.15, 0.2) is 42.5 Å². The first-order chi connectivity index (χ1) is 21.4. The lowest BCUT2D eigenvalue weighted by atomic mass is 9.78. The van der Waals surface area contributed by atoms with Crippen LogP contribution < -0.4 is 16.2 Å². The summed E-state index contributed by atoms with van der Waals surface area (Å²) in [6, 6.07) is 13.6. The van der Waals surface area contributed by atoms with Crippen LogP contribution in [0.5, 0.6) is 5.75 Å². The lowest BCUT2D eigenvalue weighted by Crippen LogP contribution is -2.54. The van der Waals surface area contributed by atoms with Gasteiger partial charge >= 0.3 is 12.1 Å². The standard InChI is InChI=1S/C37H51F3N2O3S/c1-8-10-11-12-23-13-16-27(24(9-2)19-23)29-20-25-14-15-26(21-28(25)46-29)44-31-17-18-32(36(31,7)37(38,39)40)45-33(43)35(5,6)30(41)22-34(3,4)42/h13-16,19-21,30-32H,8-12,17-18,22,41-42H2,1-7H3. The summed E-state index contributed by atoms with van der Waals surface area (Å²) in [4.78, 5) is 14.4. The SMILES string of the molecule is CCCCCc1ccc(-c2cc3ccc(OC4CCC(OC(=O)C(C)(C)C(N)CC(C)(C)N)C4(C)C(F)(F)F)cc3s2)c(CC)c1. The molecule has 0 aliphatic heterocycles. The van der Waals surface area contributed by atoms with Gasteiger partial charge in [0.05, 0.1) is 5.41 Å². The van der Waals surface area contributed by atoms with E-state index in [2.05, 4.69) is 38.1 Å². The smallest absolute Gasteiger partial charge is 0.401 e. The van der Waals surface area contributed by atoms with Crippen LogP contribution in [0.2, 0.25) is 0 Å². The summed E-state index contributed by atoms with van der Waals surface area (Å²) in [6.45, 7) is 12.2. The van der Waals surface area contributed by atoms with Crippen molar-refractivity contribution in [3.63, 3.8) is 0 Å². The van der Waals surface area contributed by atoms with Crippen LogP contribution in [0, 0.1) is 10.8 Å². The number of carbonyl (C=O) groups is 1. The molecule has 0 radical (unpaired) electrons. The van der Waals surface area contributed by atoms with Crippen LogP contribution in [0.3, 0.4) is 0 Å². The Bertz CT molecular complexity index is 1510. The number of aryl methyl sites for hydroxylation is 2. The van der Waals surface area contributed by atoms with Gasteiger partial charge in [-0.25, -0.2) is 0 Å². The minimum absolute atomic E-state index is 0.0275. The Labute approximate surface area is 276 Å². The van der Waals surface area contributed by atoms with Gasteiger partial charge in [-0.2, -0.15) is 13.2 Å². The zero-order valence-corrected chi connectivity index (χ0v) is 29.2. The van der Waals surface area contributed by atoms with E-state index in [4.69, 9.17) is 20.9 Å². The predicted octanol–water partition coefficient (Wildman–Crippen LogP) is 9.37. The molecule has 4 rings (SSSR count). The highest BCUT2D eigenvalue weighted by Gasteiger charge is 2.66. The second-order valence-corrected chi connectivity index (χ2v) is 15.6. The molecule has 1 aromatic heterocycles. The Morgan fingerprint density at radius 2 is 1.72 bits per heavy atom. The molecule has 9 heteroatoms. The number of rotatable bonds is 13. The molecule has 4 atom stereocenters. The van der Waals surface area contributed by atoms with Crippen LogP contribution in [-0.2, 0) is 22.4 Å². The van der Waals surface area contributed by atoms with Crippen molar-refractivity contribution in [1.29, 1.82) is 0 Å². The number of carbonyl (C=O) groups excluding carboxylic acids is 1. The molecule has 3 aromatic rings. The number of unbranched alkanes of at least 4 members (excludes halogenated alkanes) is 2. The highest BCUT2D eigenvalue weighted by Crippen LogP contribution is 2.53. The molecular formula is C37H51F3N2O3S. The molecule has 4 unspecified atom stereocenters. The van der Waals surface area contributed by atoms with E-state index in [-0.39, 0.29) is 12.8 Å². The number of nitrogens with two attached hydrogens (primary N) is 2. The molecule has 0 bridgehead atoms. The summed E-state index contributed by atoms with van der Waals surface area (Å²) in [5, 5.41) is 1.01. The van der Waals surface area contributed by atoms with Crippen LogP contribution in [-0.4, -0.2) is 35.9 Å². The van der Waals surface area contributed by atoms with E-state index in [0.29, 0.717) is 12.2 Å². The van der Waals surface area contributed by atoms with Gasteiger partial charge in [-0.1, -0.05) is 44.9 Å². The molecule has 0 saturated heterocycles. The average Bonchev–Trinajstić information content (AvgIpc) is 3.53. The first-order valence-corrected chi connectivity index (χ1v) is 17.4. The number of benzene rings is 2. The van der Waals surface area contributed by atoms with Crippen molar-refractivity contribution in [2.75, 3.05) is 0 Å². The van der Waals surface area contributed by atoms with E-state index in [9.17, 15) is 18.0 Å². The largest absolute Gasteiger partial charge is 0.489 e. The third kappa shape index (κ3) is 7.74. The average molecular weight is 661 g/mol. The van der Waals surface area contributed by atoms with Crippen molar-refractivity contribution in [2.24, 2.45) is 22.3 Å². The lowest BCUT2D eigenvalue weighted by Gasteiger charge is -2.40. The number of hydrogen-bond donors (Lipinski definition) is 2. The normalized spacial score (nSPS) is 21.5. The summed E-state index contributed by atoms with van der Waals surface area (Å²) < 4.78 is 57.1. The van der Waals surface area contributed by atoms with Crippen molar-refractivity contribution in [1.82, 2.24) is 0 Å². The number of fused-ring (bicyclic) bond motifs is 1. The first kappa shape index (κ1) is 36.2. The fourth-order valence-electron chi connectivity index (χ4n) is 6.39. The molecule has 0 spiro atoms. The van der Waals surface area contributed by atoms with Crippen LogP contribution in [0.1, 0.15) is 98.1 Å². The number of esters is 1. The summed E-state index contributed by atoms with van der Waals surface area (Å²) in [5.74, 6) is -0.402. The van der Waals surface area contributed by atoms with Crippen molar-refractivity contribution in [2.45, 2.75) is 130 Å². The minimum Gasteiger partial charge on any atom is -0.489 e. The monoisotopic (exact) mass is 660 g/mol. The zero-order chi connectivity index (χ0) is 34.1. The molecule has 5 nitrogen and oxygen atoms in total. The van der Waals surface area contributed by atoms with Gasteiger partial charge in [-0.05, 0) is 119 Å². The predicted molar refractivity (Wildman–Crippen MR) is 182 cm³/mol. The van der Waals surface area contributed by atoms with Crippen LogP contribution in [0.4, 0.5) is 13.2 Å². The molecule has 254 valence electrons. The Balaban J connectivity index is 1.54. The molecule has 0 amide bonds. The van der Waals surface area contributed by atoms with Crippen molar-refractivity contribution in [3.05, 3.63) is 53.6 Å². The fraction of sp³-hybridized carbons (Fsp3) is 0.595. The second-order valence-electron chi connectivity index (χ2n) is 14.5. The van der Waals surface area contributed by atoms with Gasteiger partial charge in [0.25, 0.3) is 0 Å². The molecule has 2 aromatic carbocycles. The molecule has 1 saturated carbocycles. The van der Waals surface area contributed by atoms with Gasteiger partial charge in [0.2, 0.25) is 0 Å². The lowest BCUT2D eigenvalue weighted by molar-refractivity contribution is -0.265. The van der Waals surface area contributed by atoms with Gasteiger partial charge in [-0.3, -0.25) is 4.79 Å². The Kier molecular flexibility index (Phi) is 10.9. The van der Waals surface area contributed by atoms with E-state index in [1.165, 1.54) is 36.0 Å². The zero-order valence-electron chi connectivity index (χ0n) is 28.4. The van der Waals surface area contributed by atoms with Crippen molar-refractivity contribution < 1.29 is 27.4 Å². The molecular weight excluding hydrogens is 609 g/mol. The van der Waals surface area contributed by atoms with Gasteiger partial charge < -0.3 is 20.9 Å². The maximum Gasteiger partial charge on any atom is 0.401 e. The van der Waals surface area contributed by atoms with Crippen LogP contribution in [0.25, 0.3) is 20.5 Å². The third-order valence-electron chi connectivity index (χ3n) is 9.74. The summed E-state index contributed by atoms with van der Waals surface area (Å²) >= 11 is 1.61. The first-order valence-electron chi connectivity index (χ1n) is 16.6. The highest BCUT2D eigenvalue weighted by atomic mass is 32.1. The molecule has 1 aliphatic carbocycles. The second kappa shape index (κ2) is 13.9. The quantitative estimate of drug-likeness (QED) is 0.141. The number of hydrogen-bond acceptors (Lipinski definition) is 6. The summed E-state index contributed by atoms with van der Waals surface area (Å²) in [5.41, 5.74) is 11.9. The fourth-order valence-corrected chi connectivity index (χ4v) is 7.54. The molecule has 1 aliphatic rings. The van der Waals surface area contributed by atoms with E-state index in [1.54, 1.807) is 45.1 Å². The Morgan fingerprint density at radius 1 is 1.02 bits per heavy atom. The van der Waals surface area contributed by atoms with E-state index < -0.39 is 46.8 Å². The molecule has 46 heavy (non-hydrogen) atoms. The van der Waals surface area contributed by atoms with Gasteiger partial charge in [0.15, 0.2) is 0 Å². The van der Waals surface area contributed by atoms with Crippen LogP contribution >= 0.6 is 11.3 Å². The number of alkyl halides is 3. The number of thiophene rings is 1. The molecule has 1 heterocycles. The van der Waals surface area contributed by atoms with Gasteiger partial charge in [-0.15, -0.1) is 11.3 Å². The van der Waals surface area contributed by atoms with E-state index in [0.717, 1.165) is 34.7 Å². The van der Waals surface area contributed by atoms with Gasteiger partial charge in [0.1, 0.15) is 23.4 Å². The van der Waals surface area contributed by atoms with E-state index >= 15 is 0 Å². The Hall–Kier alpha value is -2.62. The summed E-state index contributed by atoms with van der Waals surface area (Å²) in [7, 11) is 0. The number of halogens is 3. The minimum atomic E-state index is -4.68. The number of ether oxygens (including phenoxy) is 2. The van der Waals surface area contributed by atoms with Crippen molar-refractivity contribution in [3.8, 4) is 16.2 Å². The maximum absolute atomic E-state index is 14.8. The van der Waals surface area contributed by atoms with E-state index in [1.807, 2.05) is 12.1 Å². The highest BCUT2D eigenvalue weighted by molar-refractivity contribution is 7.22. The molecule has 1 fully saturated rings. The van der Waals surface area contributed by atoms with Gasteiger partial charge in [0, 0.05) is 21.2 Å². The maximum atomic E-state index is 14.8. The third-order valence-corrected chi connectivity index (χ3v) is 10.9.